The van der Waals surface area contributed by atoms with E-state index in [4.69, 9.17) is 14.6 Å². The van der Waals surface area contributed by atoms with Gasteiger partial charge >= 0.3 is 0 Å². The van der Waals surface area contributed by atoms with E-state index in [2.05, 4.69) is 0 Å². The van der Waals surface area contributed by atoms with E-state index in [1.807, 2.05) is 30.1 Å². The van der Waals surface area contributed by atoms with Gasteiger partial charge in [0.1, 0.15) is 11.5 Å². The Labute approximate surface area is 96.4 Å². The third kappa shape index (κ3) is 3.40. The molecule has 0 aliphatic rings. The van der Waals surface area contributed by atoms with Crippen molar-refractivity contribution in [2.45, 2.75) is 6.54 Å². The minimum atomic E-state index is 0.162. The van der Waals surface area contributed by atoms with Crippen LogP contribution in [-0.2, 0) is 6.54 Å². The van der Waals surface area contributed by atoms with Crippen molar-refractivity contribution in [3.8, 4) is 11.5 Å². The minimum absolute atomic E-state index is 0.162. The van der Waals surface area contributed by atoms with Gasteiger partial charge in [0.05, 0.1) is 20.8 Å². The molecule has 0 amide bonds. The number of benzene rings is 1. The van der Waals surface area contributed by atoms with Gasteiger partial charge < -0.3 is 14.6 Å². The maximum absolute atomic E-state index is 8.83. The van der Waals surface area contributed by atoms with Crippen molar-refractivity contribution in [2.24, 2.45) is 0 Å². The molecule has 1 N–H and O–H groups in total. The SMILES string of the molecule is COc1ccc(CN(C)CCO)c(OC)c1. The zero-order valence-corrected chi connectivity index (χ0v) is 10.1. The molecule has 0 saturated carbocycles. The highest BCUT2D eigenvalue weighted by Gasteiger charge is 2.07. The topological polar surface area (TPSA) is 41.9 Å². The van der Waals surface area contributed by atoms with Gasteiger partial charge in [0.15, 0.2) is 0 Å². The Morgan fingerprint density at radius 2 is 2.00 bits per heavy atom. The van der Waals surface area contributed by atoms with E-state index >= 15 is 0 Å². The molecule has 90 valence electrons. The van der Waals surface area contributed by atoms with Gasteiger partial charge in [-0.15, -0.1) is 0 Å². The number of aliphatic hydroxyl groups excluding tert-OH is 1. The van der Waals surface area contributed by atoms with E-state index in [9.17, 15) is 0 Å². The molecule has 0 heterocycles. The molecule has 0 atom stereocenters. The smallest absolute Gasteiger partial charge is 0.127 e. The van der Waals surface area contributed by atoms with Crippen LogP contribution in [0.2, 0.25) is 0 Å². The molecule has 0 aromatic heterocycles. The molecule has 0 fully saturated rings. The van der Waals surface area contributed by atoms with E-state index in [-0.39, 0.29) is 6.61 Å². The predicted octanol–water partition coefficient (Wildman–Crippen LogP) is 1.13. The van der Waals surface area contributed by atoms with Gasteiger partial charge in [0.25, 0.3) is 0 Å². The Kier molecular flexibility index (Phi) is 5.08. The van der Waals surface area contributed by atoms with Crippen molar-refractivity contribution in [3.05, 3.63) is 23.8 Å². The first-order chi connectivity index (χ1) is 7.71. The predicted molar refractivity (Wildman–Crippen MR) is 63.0 cm³/mol. The van der Waals surface area contributed by atoms with Gasteiger partial charge in [0, 0.05) is 24.7 Å². The van der Waals surface area contributed by atoms with Crippen molar-refractivity contribution in [1.29, 1.82) is 0 Å². The Balaban J connectivity index is 2.78. The Morgan fingerprint density at radius 1 is 1.25 bits per heavy atom. The number of hydrogen-bond acceptors (Lipinski definition) is 4. The highest BCUT2D eigenvalue weighted by Crippen LogP contribution is 2.25. The molecule has 1 aromatic rings. The van der Waals surface area contributed by atoms with E-state index < -0.39 is 0 Å². The third-order valence-electron chi connectivity index (χ3n) is 2.42. The van der Waals surface area contributed by atoms with Gasteiger partial charge in [-0.1, -0.05) is 6.07 Å². The summed E-state index contributed by atoms with van der Waals surface area (Å²) in [5, 5.41) is 8.83. The molecular weight excluding hydrogens is 206 g/mol. The van der Waals surface area contributed by atoms with Crippen LogP contribution in [-0.4, -0.2) is 44.4 Å². The molecule has 0 aliphatic heterocycles. The highest BCUT2D eigenvalue weighted by molar-refractivity contribution is 5.40. The number of ether oxygens (including phenoxy) is 2. The van der Waals surface area contributed by atoms with Crippen LogP contribution in [0, 0.1) is 0 Å². The summed E-state index contributed by atoms with van der Waals surface area (Å²) in [5.41, 5.74) is 1.08. The number of aliphatic hydroxyl groups is 1. The fraction of sp³-hybridized carbons (Fsp3) is 0.500. The van der Waals surface area contributed by atoms with Crippen molar-refractivity contribution in [3.63, 3.8) is 0 Å². The number of likely N-dealkylation sites (N-methyl/N-ethyl adjacent to an activating group) is 1. The third-order valence-corrected chi connectivity index (χ3v) is 2.42. The lowest BCUT2D eigenvalue weighted by atomic mass is 10.2. The average molecular weight is 225 g/mol. The fourth-order valence-corrected chi connectivity index (χ4v) is 1.52. The summed E-state index contributed by atoms with van der Waals surface area (Å²) < 4.78 is 10.4. The van der Waals surface area contributed by atoms with Crippen LogP contribution in [0.3, 0.4) is 0 Å². The maximum atomic E-state index is 8.83. The second-order valence-electron chi connectivity index (χ2n) is 3.64. The Bertz CT molecular complexity index is 328. The second kappa shape index (κ2) is 6.35. The van der Waals surface area contributed by atoms with Crippen molar-refractivity contribution in [1.82, 2.24) is 4.90 Å². The van der Waals surface area contributed by atoms with Gasteiger partial charge in [0.2, 0.25) is 0 Å². The van der Waals surface area contributed by atoms with Crippen molar-refractivity contribution >= 4 is 0 Å². The lowest BCUT2D eigenvalue weighted by molar-refractivity contribution is 0.215. The largest absolute Gasteiger partial charge is 0.497 e. The summed E-state index contributed by atoms with van der Waals surface area (Å²) in [7, 11) is 5.23. The molecule has 0 radical (unpaired) electrons. The lowest BCUT2D eigenvalue weighted by Gasteiger charge is -2.17. The van der Waals surface area contributed by atoms with Crippen molar-refractivity contribution < 1.29 is 14.6 Å². The summed E-state index contributed by atoms with van der Waals surface area (Å²) >= 11 is 0. The summed E-state index contributed by atoms with van der Waals surface area (Å²) in [6, 6.07) is 5.75. The first-order valence-electron chi connectivity index (χ1n) is 5.21. The molecule has 1 rings (SSSR count). The molecule has 16 heavy (non-hydrogen) atoms. The Morgan fingerprint density at radius 3 is 2.56 bits per heavy atom. The number of rotatable bonds is 6. The van der Waals surface area contributed by atoms with E-state index in [1.165, 1.54) is 0 Å². The van der Waals surface area contributed by atoms with Gasteiger partial charge in [-0.2, -0.15) is 0 Å². The summed E-state index contributed by atoms with van der Waals surface area (Å²) in [6.07, 6.45) is 0. The second-order valence-corrected chi connectivity index (χ2v) is 3.64. The van der Waals surface area contributed by atoms with E-state index in [0.717, 1.165) is 23.6 Å². The van der Waals surface area contributed by atoms with Gasteiger partial charge in [-0.05, 0) is 13.1 Å². The average Bonchev–Trinajstić information content (AvgIpc) is 2.30. The Hall–Kier alpha value is -1.26. The minimum Gasteiger partial charge on any atom is -0.497 e. The molecule has 4 nitrogen and oxygen atoms in total. The zero-order valence-electron chi connectivity index (χ0n) is 10.1. The van der Waals surface area contributed by atoms with Gasteiger partial charge in [-0.3, -0.25) is 4.90 Å². The van der Waals surface area contributed by atoms with Crippen LogP contribution in [0.15, 0.2) is 18.2 Å². The van der Waals surface area contributed by atoms with Crippen molar-refractivity contribution in [2.75, 3.05) is 34.4 Å². The quantitative estimate of drug-likeness (QED) is 0.788. The number of hydrogen-bond donors (Lipinski definition) is 1. The summed E-state index contributed by atoms with van der Waals surface area (Å²) in [5.74, 6) is 1.59. The molecule has 0 unspecified atom stereocenters. The maximum Gasteiger partial charge on any atom is 0.127 e. The summed E-state index contributed by atoms with van der Waals surface area (Å²) in [4.78, 5) is 2.03. The molecule has 0 spiro atoms. The molecule has 0 saturated heterocycles. The van der Waals surface area contributed by atoms with Gasteiger partial charge in [-0.25, -0.2) is 0 Å². The van der Waals surface area contributed by atoms with Crippen LogP contribution >= 0.6 is 0 Å². The zero-order chi connectivity index (χ0) is 12.0. The molecular formula is C12H19NO3. The monoisotopic (exact) mass is 225 g/mol. The normalized spacial score (nSPS) is 10.6. The van der Waals surface area contributed by atoms with Crippen LogP contribution in [0.25, 0.3) is 0 Å². The molecule has 1 aromatic carbocycles. The van der Waals surface area contributed by atoms with E-state index in [1.54, 1.807) is 14.2 Å². The standard InChI is InChI=1S/C12H19NO3/c1-13(6-7-14)9-10-4-5-11(15-2)8-12(10)16-3/h4-5,8,14H,6-7,9H2,1-3H3. The fourth-order valence-electron chi connectivity index (χ4n) is 1.52. The van der Waals surface area contributed by atoms with Crippen LogP contribution in [0.5, 0.6) is 11.5 Å². The lowest BCUT2D eigenvalue weighted by Crippen LogP contribution is -2.21. The first kappa shape index (κ1) is 12.8. The summed E-state index contributed by atoms with van der Waals surface area (Å²) in [6.45, 7) is 1.55. The molecule has 0 bridgehead atoms. The molecule has 0 aliphatic carbocycles. The van der Waals surface area contributed by atoms with Crippen LogP contribution in [0.4, 0.5) is 0 Å². The number of nitrogens with zero attached hydrogens (tertiary/aromatic N) is 1. The number of methoxy groups -OCH3 is 2. The first-order valence-corrected chi connectivity index (χ1v) is 5.21. The highest BCUT2D eigenvalue weighted by atomic mass is 16.5. The van der Waals surface area contributed by atoms with Crippen LogP contribution < -0.4 is 9.47 Å². The molecule has 4 heteroatoms. The van der Waals surface area contributed by atoms with E-state index in [0.29, 0.717) is 6.54 Å². The van der Waals surface area contributed by atoms with Crippen LogP contribution in [0.1, 0.15) is 5.56 Å².